The summed E-state index contributed by atoms with van der Waals surface area (Å²) in [6, 6.07) is 7.09. The number of nitrogens with one attached hydrogen (secondary N) is 2. The van der Waals surface area contributed by atoms with Crippen molar-refractivity contribution >= 4 is 11.9 Å². The first kappa shape index (κ1) is 17.0. The molecular weight excluding hydrogens is 272 g/mol. The average Bonchev–Trinajstić information content (AvgIpc) is 2.44. The van der Waals surface area contributed by atoms with Gasteiger partial charge in [0.1, 0.15) is 18.4 Å². The average molecular weight is 294 g/mol. The van der Waals surface area contributed by atoms with Crippen molar-refractivity contribution in [2.45, 2.75) is 19.9 Å². The molecule has 0 radical (unpaired) electrons. The number of benzene rings is 1. The molecule has 0 aliphatic carbocycles. The second kappa shape index (κ2) is 8.97. The maximum atomic E-state index is 11.5. The van der Waals surface area contributed by atoms with Crippen LogP contribution in [0.1, 0.15) is 12.5 Å². The van der Waals surface area contributed by atoms with Gasteiger partial charge in [0, 0.05) is 20.0 Å². The minimum atomic E-state index is -0.688. The van der Waals surface area contributed by atoms with Gasteiger partial charge in [-0.3, -0.25) is 4.79 Å². The molecule has 1 unspecified atom stereocenters. The zero-order valence-corrected chi connectivity index (χ0v) is 12.6. The highest BCUT2D eigenvalue weighted by Crippen LogP contribution is 2.11. The molecule has 116 valence electrons. The lowest BCUT2D eigenvalue weighted by molar-refractivity contribution is -0.144. The predicted molar refractivity (Wildman–Crippen MR) is 79.2 cm³/mol. The summed E-state index contributed by atoms with van der Waals surface area (Å²) in [6.07, 6.45) is 0. The first-order chi connectivity index (χ1) is 10.0. The molecule has 0 aromatic heterocycles. The summed E-state index contributed by atoms with van der Waals surface area (Å²) in [5.74, 6) is 0.0590. The van der Waals surface area contributed by atoms with Crippen LogP contribution in [0.5, 0.6) is 5.75 Å². The van der Waals surface area contributed by atoms with Crippen LogP contribution >= 0.6 is 0 Å². The predicted octanol–water partition coefficient (Wildman–Crippen LogP) is 0.641. The van der Waals surface area contributed by atoms with E-state index in [0.29, 0.717) is 19.7 Å². The maximum Gasteiger partial charge on any atom is 0.329 e. The van der Waals surface area contributed by atoms with E-state index in [1.165, 1.54) is 14.0 Å². The van der Waals surface area contributed by atoms with Gasteiger partial charge in [-0.25, -0.2) is 4.79 Å². The van der Waals surface area contributed by atoms with E-state index in [1.54, 1.807) is 0 Å². The number of methoxy groups -OCH3 is 1. The van der Waals surface area contributed by atoms with Crippen molar-refractivity contribution < 1.29 is 19.1 Å². The van der Waals surface area contributed by atoms with Gasteiger partial charge in [-0.1, -0.05) is 12.1 Å². The molecule has 0 saturated carbocycles. The Balaban J connectivity index is 2.27. The van der Waals surface area contributed by atoms with E-state index in [-0.39, 0.29) is 5.91 Å². The van der Waals surface area contributed by atoms with Gasteiger partial charge in [-0.2, -0.15) is 0 Å². The first-order valence-electron chi connectivity index (χ1n) is 6.78. The normalized spacial score (nSPS) is 11.6. The van der Waals surface area contributed by atoms with Gasteiger partial charge in [-0.05, 0) is 24.6 Å². The van der Waals surface area contributed by atoms with Gasteiger partial charge in [0.15, 0.2) is 0 Å². The van der Waals surface area contributed by atoms with Crippen LogP contribution in [0.25, 0.3) is 0 Å². The molecule has 0 fully saturated rings. The number of aryl methyl sites for hydroxylation is 1. The summed E-state index contributed by atoms with van der Waals surface area (Å²) in [4.78, 5) is 22.5. The van der Waals surface area contributed by atoms with Crippen molar-refractivity contribution in [2.75, 3.05) is 26.8 Å². The van der Waals surface area contributed by atoms with Gasteiger partial charge < -0.3 is 20.1 Å². The molecular formula is C15H22N2O4. The van der Waals surface area contributed by atoms with E-state index < -0.39 is 12.0 Å². The Morgan fingerprint density at radius 1 is 1.33 bits per heavy atom. The molecule has 6 heteroatoms. The molecule has 1 atom stereocenters. The highest BCUT2D eigenvalue weighted by Gasteiger charge is 2.19. The Morgan fingerprint density at radius 3 is 2.71 bits per heavy atom. The van der Waals surface area contributed by atoms with Crippen LogP contribution < -0.4 is 15.4 Å². The number of rotatable bonds is 8. The minimum Gasteiger partial charge on any atom is -0.492 e. The number of amides is 1. The molecule has 6 nitrogen and oxygen atoms in total. The standard InChI is InChI=1S/C15H22N2O4/c1-11-5-4-6-13(9-11)21-8-7-16-10-14(15(19)20-3)17-12(2)18/h4-6,9,14,16H,7-8,10H2,1-3H3,(H,17,18). The van der Waals surface area contributed by atoms with E-state index in [4.69, 9.17) is 4.74 Å². The Hall–Kier alpha value is -2.08. The third-order valence-electron chi connectivity index (χ3n) is 2.75. The van der Waals surface area contributed by atoms with Crippen LogP contribution in [-0.4, -0.2) is 44.7 Å². The van der Waals surface area contributed by atoms with Crippen molar-refractivity contribution in [1.29, 1.82) is 0 Å². The van der Waals surface area contributed by atoms with E-state index in [0.717, 1.165) is 11.3 Å². The Morgan fingerprint density at radius 2 is 2.10 bits per heavy atom. The molecule has 0 heterocycles. The van der Waals surface area contributed by atoms with Gasteiger partial charge >= 0.3 is 5.97 Å². The number of carbonyl (C=O) groups is 2. The van der Waals surface area contributed by atoms with E-state index in [2.05, 4.69) is 15.4 Å². The summed E-state index contributed by atoms with van der Waals surface area (Å²) >= 11 is 0. The number of hydrogen-bond donors (Lipinski definition) is 2. The van der Waals surface area contributed by atoms with Crippen LogP contribution in [0.15, 0.2) is 24.3 Å². The third kappa shape index (κ3) is 6.76. The zero-order chi connectivity index (χ0) is 15.7. The monoisotopic (exact) mass is 294 g/mol. The van der Waals surface area contributed by atoms with E-state index in [9.17, 15) is 9.59 Å². The number of esters is 1. The van der Waals surface area contributed by atoms with Crippen LogP contribution in [0.2, 0.25) is 0 Å². The fraction of sp³-hybridized carbons (Fsp3) is 0.467. The van der Waals surface area contributed by atoms with E-state index >= 15 is 0 Å². The Bertz CT molecular complexity index is 476. The van der Waals surface area contributed by atoms with Crippen molar-refractivity contribution in [3.8, 4) is 5.75 Å². The smallest absolute Gasteiger partial charge is 0.329 e. The topological polar surface area (TPSA) is 76.7 Å². The third-order valence-corrected chi connectivity index (χ3v) is 2.75. The van der Waals surface area contributed by atoms with Crippen molar-refractivity contribution in [3.63, 3.8) is 0 Å². The molecule has 0 aliphatic heterocycles. The van der Waals surface area contributed by atoms with Crippen LogP contribution in [0.3, 0.4) is 0 Å². The summed E-state index contributed by atoms with van der Waals surface area (Å²) in [6.45, 7) is 4.68. The maximum absolute atomic E-state index is 11.5. The van der Waals surface area contributed by atoms with Crippen LogP contribution in [-0.2, 0) is 14.3 Å². The van der Waals surface area contributed by atoms with Crippen LogP contribution in [0.4, 0.5) is 0 Å². The highest BCUT2D eigenvalue weighted by molar-refractivity contribution is 5.83. The fourth-order valence-corrected chi connectivity index (χ4v) is 1.77. The quantitative estimate of drug-likeness (QED) is 0.543. The molecule has 1 rings (SSSR count). The lowest BCUT2D eigenvalue weighted by Crippen LogP contribution is -2.47. The van der Waals surface area contributed by atoms with Gasteiger partial charge in [-0.15, -0.1) is 0 Å². The first-order valence-corrected chi connectivity index (χ1v) is 6.78. The zero-order valence-electron chi connectivity index (χ0n) is 12.6. The molecule has 0 saturated heterocycles. The molecule has 0 aliphatic rings. The lowest BCUT2D eigenvalue weighted by Gasteiger charge is -2.16. The molecule has 0 bridgehead atoms. The summed E-state index contributed by atoms with van der Waals surface area (Å²) in [7, 11) is 1.29. The van der Waals surface area contributed by atoms with Crippen molar-refractivity contribution in [3.05, 3.63) is 29.8 Å². The molecule has 1 aromatic rings. The Labute approximate surface area is 124 Å². The van der Waals surface area contributed by atoms with Crippen molar-refractivity contribution in [1.82, 2.24) is 10.6 Å². The SMILES string of the molecule is COC(=O)C(CNCCOc1cccc(C)c1)NC(C)=O. The highest BCUT2D eigenvalue weighted by atomic mass is 16.5. The second-order valence-electron chi connectivity index (χ2n) is 4.65. The summed E-state index contributed by atoms with van der Waals surface area (Å²) in [5.41, 5.74) is 1.14. The van der Waals surface area contributed by atoms with Gasteiger partial charge in [0.25, 0.3) is 0 Å². The summed E-state index contributed by atoms with van der Waals surface area (Å²) in [5, 5.41) is 5.58. The van der Waals surface area contributed by atoms with Gasteiger partial charge in [0.2, 0.25) is 5.91 Å². The summed E-state index contributed by atoms with van der Waals surface area (Å²) < 4.78 is 10.2. The van der Waals surface area contributed by atoms with Gasteiger partial charge in [0.05, 0.1) is 7.11 Å². The van der Waals surface area contributed by atoms with E-state index in [1.807, 2.05) is 31.2 Å². The van der Waals surface area contributed by atoms with Crippen molar-refractivity contribution in [2.24, 2.45) is 0 Å². The fourth-order valence-electron chi connectivity index (χ4n) is 1.77. The number of ether oxygens (including phenoxy) is 2. The largest absolute Gasteiger partial charge is 0.492 e. The number of hydrogen-bond acceptors (Lipinski definition) is 5. The molecule has 2 N–H and O–H groups in total. The Kier molecular flexibility index (Phi) is 7.25. The minimum absolute atomic E-state index is 0.275. The molecule has 0 spiro atoms. The second-order valence-corrected chi connectivity index (χ2v) is 4.65. The van der Waals surface area contributed by atoms with Crippen LogP contribution in [0, 0.1) is 6.92 Å². The molecule has 21 heavy (non-hydrogen) atoms. The lowest BCUT2D eigenvalue weighted by atomic mass is 10.2. The molecule has 1 amide bonds. The molecule has 1 aromatic carbocycles. The number of carbonyl (C=O) groups excluding carboxylic acids is 2.